The highest BCUT2D eigenvalue weighted by Gasteiger charge is 2.12. The third-order valence-electron chi connectivity index (χ3n) is 4.67. The SMILES string of the molecule is Nc1c(Cl)cc(C(O)CNCCCCCC(=O)OCc2ccccc2)cc1Cl.O=C(O)/C=C\C(=O)O. The second-order valence-electron chi connectivity index (χ2n) is 7.58. The van der Waals surface area contributed by atoms with Crippen molar-refractivity contribution >= 4 is 46.8 Å². The number of nitrogens with one attached hydrogen (secondary N) is 1. The minimum atomic E-state index is -1.26. The number of carbonyl (C=O) groups is 3. The van der Waals surface area contributed by atoms with Gasteiger partial charge >= 0.3 is 17.9 Å². The lowest BCUT2D eigenvalue weighted by molar-refractivity contribution is -0.145. The van der Waals surface area contributed by atoms with E-state index < -0.39 is 18.0 Å². The van der Waals surface area contributed by atoms with E-state index in [9.17, 15) is 19.5 Å². The van der Waals surface area contributed by atoms with Crippen LogP contribution in [0.5, 0.6) is 0 Å². The minimum Gasteiger partial charge on any atom is -0.478 e. The number of aliphatic carboxylic acids is 2. The van der Waals surface area contributed by atoms with Crippen LogP contribution in [-0.2, 0) is 25.7 Å². The van der Waals surface area contributed by atoms with E-state index in [2.05, 4.69) is 5.32 Å². The van der Waals surface area contributed by atoms with E-state index in [0.29, 0.717) is 53.0 Å². The molecule has 0 aliphatic carbocycles. The fraction of sp³-hybridized carbons (Fsp3) is 0.320. The van der Waals surface area contributed by atoms with Crippen LogP contribution in [0, 0.1) is 0 Å². The van der Waals surface area contributed by atoms with Crippen molar-refractivity contribution in [2.45, 2.75) is 38.4 Å². The average Bonchev–Trinajstić information content (AvgIpc) is 2.84. The number of nitrogen functional groups attached to an aromatic ring is 1. The number of halogens is 2. The zero-order valence-corrected chi connectivity index (χ0v) is 21.0. The molecule has 2 aromatic rings. The van der Waals surface area contributed by atoms with Crippen molar-refractivity contribution in [3.05, 3.63) is 75.8 Å². The summed E-state index contributed by atoms with van der Waals surface area (Å²) >= 11 is 12.0. The highest BCUT2D eigenvalue weighted by molar-refractivity contribution is 6.38. The maximum absolute atomic E-state index is 11.7. The van der Waals surface area contributed by atoms with Crippen molar-refractivity contribution in [1.29, 1.82) is 0 Å². The van der Waals surface area contributed by atoms with E-state index >= 15 is 0 Å². The number of unbranched alkanes of at least 4 members (excludes halogenated alkanes) is 2. The van der Waals surface area contributed by atoms with Crippen molar-refractivity contribution in [3.63, 3.8) is 0 Å². The quantitative estimate of drug-likeness (QED) is 0.108. The second kappa shape index (κ2) is 17.3. The first-order valence-corrected chi connectivity index (χ1v) is 11.8. The third kappa shape index (κ3) is 13.7. The molecule has 0 aliphatic heterocycles. The number of nitrogens with two attached hydrogens (primary N) is 1. The molecule has 0 bridgehead atoms. The predicted octanol–water partition coefficient (Wildman–Crippen LogP) is 4.21. The van der Waals surface area contributed by atoms with Crippen LogP contribution in [0.25, 0.3) is 0 Å². The van der Waals surface area contributed by atoms with Crippen LogP contribution >= 0.6 is 23.2 Å². The number of ether oxygens (including phenoxy) is 1. The Kier molecular flexibility index (Phi) is 14.9. The normalized spacial score (nSPS) is 11.4. The van der Waals surface area contributed by atoms with Gasteiger partial charge in [0.05, 0.1) is 21.8 Å². The molecule has 11 heteroatoms. The van der Waals surface area contributed by atoms with Gasteiger partial charge in [0, 0.05) is 25.1 Å². The summed E-state index contributed by atoms with van der Waals surface area (Å²) in [5.41, 5.74) is 7.62. The molecule has 0 amide bonds. The Labute approximate surface area is 219 Å². The molecule has 1 unspecified atom stereocenters. The summed E-state index contributed by atoms with van der Waals surface area (Å²) in [4.78, 5) is 30.8. The van der Waals surface area contributed by atoms with Crippen LogP contribution in [-0.4, -0.2) is 46.3 Å². The van der Waals surface area contributed by atoms with E-state index in [1.165, 1.54) is 0 Å². The molecule has 9 nitrogen and oxygen atoms in total. The summed E-state index contributed by atoms with van der Waals surface area (Å²) < 4.78 is 5.25. The Morgan fingerprint density at radius 2 is 1.56 bits per heavy atom. The number of hydrogen-bond donors (Lipinski definition) is 5. The first kappa shape index (κ1) is 30.9. The zero-order valence-electron chi connectivity index (χ0n) is 19.5. The smallest absolute Gasteiger partial charge is 0.328 e. The van der Waals surface area contributed by atoms with Gasteiger partial charge in [-0.3, -0.25) is 4.79 Å². The van der Waals surface area contributed by atoms with Gasteiger partial charge in [-0.2, -0.15) is 0 Å². The molecule has 0 saturated carbocycles. The molecule has 36 heavy (non-hydrogen) atoms. The van der Waals surface area contributed by atoms with Crippen molar-refractivity contribution in [2.24, 2.45) is 0 Å². The maximum Gasteiger partial charge on any atom is 0.328 e. The van der Waals surface area contributed by atoms with E-state index in [4.69, 9.17) is 43.9 Å². The van der Waals surface area contributed by atoms with E-state index in [-0.39, 0.29) is 5.97 Å². The summed E-state index contributed by atoms with van der Waals surface area (Å²) in [6.07, 6.45) is 3.40. The van der Waals surface area contributed by atoms with Crippen molar-refractivity contribution < 1.29 is 34.4 Å². The van der Waals surface area contributed by atoms with Gasteiger partial charge in [0.1, 0.15) is 6.61 Å². The summed E-state index contributed by atoms with van der Waals surface area (Å²) in [6.45, 7) is 1.44. The number of carboxylic acids is 2. The fourth-order valence-electron chi connectivity index (χ4n) is 2.80. The molecule has 1 atom stereocenters. The molecule has 0 heterocycles. The van der Waals surface area contributed by atoms with E-state index in [1.54, 1.807) is 12.1 Å². The summed E-state index contributed by atoms with van der Waals surface area (Å²) in [7, 11) is 0. The summed E-state index contributed by atoms with van der Waals surface area (Å²) in [5.74, 6) is -2.69. The number of aliphatic hydroxyl groups excluding tert-OH is 1. The Hall–Kier alpha value is -3.11. The molecule has 2 aromatic carbocycles. The Bertz CT molecular complexity index is 978. The van der Waals surface area contributed by atoms with Crippen LogP contribution in [0.2, 0.25) is 10.0 Å². The summed E-state index contributed by atoms with van der Waals surface area (Å²) in [5, 5.41) is 29.7. The van der Waals surface area contributed by atoms with E-state index in [1.807, 2.05) is 30.3 Å². The maximum atomic E-state index is 11.7. The highest BCUT2D eigenvalue weighted by Crippen LogP contribution is 2.31. The third-order valence-corrected chi connectivity index (χ3v) is 5.29. The first-order chi connectivity index (χ1) is 17.1. The Morgan fingerprint density at radius 1 is 0.972 bits per heavy atom. The standard InChI is InChI=1S/C21H26Cl2N2O3.C4H4O4/c22-17-11-16(12-18(23)21(17)24)19(26)13-25-10-6-2-5-9-20(27)28-14-15-7-3-1-4-8-15;5-3(6)1-2-4(7)8/h1,3-4,7-8,11-12,19,25-26H,2,5-6,9-10,13-14,24H2;1-2H,(H,5,6)(H,7,8)/b;2-1-. The number of esters is 1. The average molecular weight is 541 g/mol. The molecular weight excluding hydrogens is 511 g/mol. The van der Waals surface area contributed by atoms with Crippen LogP contribution in [0.15, 0.2) is 54.6 Å². The number of benzene rings is 2. The van der Waals surface area contributed by atoms with Gasteiger partial charge in [-0.15, -0.1) is 0 Å². The molecule has 0 spiro atoms. The highest BCUT2D eigenvalue weighted by atomic mass is 35.5. The molecule has 0 aliphatic rings. The zero-order chi connectivity index (χ0) is 26.9. The lowest BCUT2D eigenvalue weighted by Crippen LogP contribution is -2.22. The largest absolute Gasteiger partial charge is 0.478 e. The number of anilines is 1. The minimum absolute atomic E-state index is 0.177. The van der Waals surface area contributed by atoms with Gasteiger partial charge in [0.25, 0.3) is 0 Å². The van der Waals surface area contributed by atoms with Gasteiger partial charge in [0.15, 0.2) is 0 Å². The lowest BCUT2D eigenvalue weighted by atomic mass is 10.1. The fourth-order valence-corrected chi connectivity index (χ4v) is 3.31. The van der Waals surface area contributed by atoms with Crippen LogP contribution in [0.4, 0.5) is 5.69 Å². The van der Waals surface area contributed by atoms with E-state index in [0.717, 1.165) is 31.4 Å². The monoisotopic (exact) mass is 540 g/mol. The van der Waals surface area contributed by atoms with Gasteiger partial charge in [-0.1, -0.05) is 60.0 Å². The van der Waals surface area contributed by atoms with Gasteiger partial charge in [-0.05, 0) is 42.6 Å². The van der Waals surface area contributed by atoms with Crippen molar-refractivity contribution in [1.82, 2.24) is 5.32 Å². The van der Waals surface area contributed by atoms with Gasteiger partial charge in [0.2, 0.25) is 0 Å². The van der Waals surface area contributed by atoms with Crippen LogP contribution in [0.3, 0.4) is 0 Å². The molecule has 6 N–H and O–H groups in total. The molecule has 196 valence electrons. The topological polar surface area (TPSA) is 159 Å². The molecule has 0 fully saturated rings. The van der Waals surface area contributed by atoms with Gasteiger partial charge < -0.3 is 31.1 Å². The number of hydrogen-bond acceptors (Lipinski definition) is 7. The summed E-state index contributed by atoms with van der Waals surface area (Å²) in [6, 6.07) is 12.9. The van der Waals surface area contributed by atoms with Crippen LogP contribution < -0.4 is 11.1 Å². The number of carbonyl (C=O) groups excluding carboxylic acids is 1. The lowest BCUT2D eigenvalue weighted by Gasteiger charge is -2.14. The molecule has 0 aromatic heterocycles. The van der Waals surface area contributed by atoms with Crippen molar-refractivity contribution in [2.75, 3.05) is 18.8 Å². The molecule has 2 rings (SSSR count). The number of carboxylic acid groups (broad SMARTS) is 2. The first-order valence-electron chi connectivity index (χ1n) is 11.1. The molecule has 0 saturated heterocycles. The molecule has 0 radical (unpaired) electrons. The Morgan fingerprint density at radius 3 is 2.11 bits per heavy atom. The van der Waals surface area contributed by atoms with Crippen LogP contribution in [0.1, 0.15) is 42.9 Å². The number of rotatable bonds is 13. The predicted molar refractivity (Wildman–Crippen MR) is 138 cm³/mol. The number of aliphatic hydroxyl groups is 1. The molecular formula is C25H30Cl2N2O7. The Balaban J connectivity index is 0.000000697. The van der Waals surface area contributed by atoms with Crippen molar-refractivity contribution in [3.8, 4) is 0 Å². The second-order valence-corrected chi connectivity index (χ2v) is 8.40. The van der Waals surface area contributed by atoms with Gasteiger partial charge in [-0.25, -0.2) is 9.59 Å².